The average molecular weight is 525 g/mol. The van der Waals surface area contributed by atoms with E-state index in [4.69, 9.17) is 9.47 Å². The molecule has 2 aliphatic heterocycles. The Morgan fingerprint density at radius 2 is 2.00 bits per heavy atom. The molecule has 0 saturated carbocycles. The van der Waals surface area contributed by atoms with Crippen molar-refractivity contribution in [2.75, 3.05) is 18.1 Å². The molecule has 1 atom stereocenters. The van der Waals surface area contributed by atoms with Gasteiger partial charge in [-0.2, -0.15) is 9.50 Å². The Hall–Kier alpha value is -3.24. The number of carbonyl (C=O) groups excluding carboxylic acids is 1. The van der Waals surface area contributed by atoms with Crippen LogP contribution in [-0.4, -0.2) is 33.7 Å². The molecule has 4 heterocycles. The fraction of sp³-hybridized carbons (Fsp3) is 0.217. The highest BCUT2D eigenvalue weighted by atomic mass is 79.9. The normalized spacial score (nSPS) is 18.8. The van der Waals surface area contributed by atoms with Gasteiger partial charge in [0, 0.05) is 16.6 Å². The number of carbonyl (C=O) groups is 1. The number of rotatable bonds is 3. The minimum atomic E-state index is -0.521. The van der Waals surface area contributed by atoms with Crippen LogP contribution in [0.25, 0.3) is 10.5 Å². The van der Waals surface area contributed by atoms with Crippen molar-refractivity contribution in [3.05, 3.63) is 73.2 Å². The third kappa shape index (κ3) is 3.16. The monoisotopic (exact) mass is 524 g/mol. The van der Waals surface area contributed by atoms with Gasteiger partial charge in [-0.15, -0.1) is 5.10 Å². The van der Waals surface area contributed by atoms with Crippen LogP contribution in [0, 0.1) is 0 Å². The van der Waals surface area contributed by atoms with Crippen LogP contribution >= 0.6 is 27.3 Å². The van der Waals surface area contributed by atoms with E-state index in [2.05, 4.69) is 26.0 Å². The van der Waals surface area contributed by atoms with Crippen molar-refractivity contribution in [2.24, 2.45) is 0 Å². The van der Waals surface area contributed by atoms with Crippen LogP contribution in [0.15, 0.2) is 51.7 Å². The highest BCUT2D eigenvalue weighted by molar-refractivity contribution is 9.10. The van der Waals surface area contributed by atoms with Crippen LogP contribution < -0.4 is 24.5 Å². The van der Waals surface area contributed by atoms with Gasteiger partial charge < -0.3 is 14.4 Å². The first kappa shape index (κ1) is 20.4. The lowest BCUT2D eigenvalue weighted by atomic mass is 10.1. The summed E-state index contributed by atoms with van der Waals surface area (Å²) in [5, 5.41) is 4.41. The number of amides is 1. The second-order valence-corrected chi connectivity index (χ2v) is 9.65. The standard InChI is InChI=1S/C23H17BrN4O4S/c1-2-9-27-14-8-7-12(24)10-13(14)18(21(27)29)19-22(30)28-23(33-19)25-20(26-28)17-11-31-15-5-3-4-6-16(15)32-17/h3-8,10,17H,2,9,11H2,1H3. The molecule has 8 nitrogen and oxygen atoms in total. The summed E-state index contributed by atoms with van der Waals surface area (Å²) in [6, 6.07) is 13.1. The summed E-state index contributed by atoms with van der Waals surface area (Å²) in [5.41, 5.74) is 1.59. The molecule has 2 aromatic heterocycles. The largest absolute Gasteiger partial charge is 0.485 e. The predicted octanol–water partition coefficient (Wildman–Crippen LogP) is 3.10. The number of hydrogen-bond acceptors (Lipinski definition) is 7. The second kappa shape index (κ2) is 7.67. The smallest absolute Gasteiger partial charge is 0.291 e. The van der Waals surface area contributed by atoms with E-state index in [1.54, 1.807) is 4.90 Å². The van der Waals surface area contributed by atoms with Crippen LogP contribution in [-0.2, 0) is 4.79 Å². The van der Waals surface area contributed by atoms with Gasteiger partial charge in [0.05, 0.1) is 11.3 Å². The average Bonchev–Trinajstić information content (AvgIpc) is 3.45. The zero-order valence-corrected chi connectivity index (χ0v) is 19.9. The summed E-state index contributed by atoms with van der Waals surface area (Å²) in [7, 11) is 0. The lowest BCUT2D eigenvalue weighted by Crippen LogP contribution is -2.33. The number of ether oxygens (including phenoxy) is 2. The molecular weight excluding hydrogens is 508 g/mol. The van der Waals surface area contributed by atoms with E-state index in [0.717, 1.165) is 22.1 Å². The molecule has 0 bridgehead atoms. The molecule has 0 N–H and O–H groups in total. The number of anilines is 1. The van der Waals surface area contributed by atoms with Crippen molar-refractivity contribution in [1.82, 2.24) is 14.6 Å². The number of benzene rings is 2. The SMILES string of the molecule is CCCN1C(=O)C(=c2sc3nc(C4COc5ccccc5O4)nn3c2=O)c2cc(Br)ccc21. The summed E-state index contributed by atoms with van der Waals surface area (Å²) >= 11 is 4.65. The Morgan fingerprint density at radius 1 is 1.18 bits per heavy atom. The van der Waals surface area contributed by atoms with E-state index >= 15 is 0 Å². The Morgan fingerprint density at radius 3 is 2.79 bits per heavy atom. The molecular formula is C23H17BrN4O4S. The quantitative estimate of drug-likeness (QED) is 0.409. The van der Waals surface area contributed by atoms with Gasteiger partial charge in [0.25, 0.3) is 11.5 Å². The van der Waals surface area contributed by atoms with Gasteiger partial charge in [0.2, 0.25) is 4.96 Å². The van der Waals surface area contributed by atoms with Gasteiger partial charge in [-0.3, -0.25) is 9.59 Å². The van der Waals surface area contributed by atoms with Crippen molar-refractivity contribution in [3.63, 3.8) is 0 Å². The van der Waals surface area contributed by atoms with Gasteiger partial charge in [-0.05, 0) is 36.8 Å². The highest BCUT2D eigenvalue weighted by Gasteiger charge is 2.34. The van der Waals surface area contributed by atoms with Crippen molar-refractivity contribution < 1.29 is 14.3 Å². The zero-order valence-electron chi connectivity index (χ0n) is 17.4. The minimum Gasteiger partial charge on any atom is -0.485 e. The Kier molecular flexibility index (Phi) is 4.73. The summed E-state index contributed by atoms with van der Waals surface area (Å²) in [6.45, 7) is 2.85. The molecule has 1 amide bonds. The highest BCUT2D eigenvalue weighted by Crippen LogP contribution is 2.38. The van der Waals surface area contributed by atoms with Gasteiger partial charge in [0.15, 0.2) is 23.4 Å². The number of thiazole rings is 1. The van der Waals surface area contributed by atoms with Gasteiger partial charge in [-0.1, -0.05) is 46.3 Å². The molecule has 2 aromatic carbocycles. The summed E-state index contributed by atoms with van der Waals surface area (Å²) in [6.07, 6.45) is 0.289. The van der Waals surface area contributed by atoms with Crippen molar-refractivity contribution in [3.8, 4) is 11.5 Å². The molecule has 10 heteroatoms. The predicted molar refractivity (Wildman–Crippen MR) is 127 cm³/mol. The van der Waals surface area contributed by atoms with Crippen LogP contribution in [0.1, 0.15) is 30.8 Å². The number of para-hydroxylation sites is 2. The Bertz CT molecular complexity index is 1550. The van der Waals surface area contributed by atoms with Crippen LogP contribution in [0.2, 0.25) is 0 Å². The third-order valence-corrected chi connectivity index (χ3v) is 7.15. The molecule has 6 rings (SSSR count). The van der Waals surface area contributed by atoms with Gasteiger partial charge in [-0.25, -0.2) is 0 Å². The summed E-state index contributed by atoms with van der Waals surface area (Å²) < 4.78 is 14.2. The molecule has 0 radical (unpaired) electrons. The number of aromatic nitrogens is 3. The lowest BCUT2D eigenvalue weighted by Gasteiger charge is -2.24. The first-order chi connectivity index (χ1) is 16.0. The van der Waals surface area contributed by atoms with E-state index in [9.17, 15) is 9.59 Å². The Balaban J connectivity index is 1.46. The molecule has 0 aliphatic carbocycles. The van der Waals surface area contributed by atoms with Crippen molar-refractivity contribution in [2.45, 2.75) is 19.4 Å². The number of fused-ring (bicyclic) bond motifs is 3. The number of hydrogen-bond donors (Lipinski definition) is 0. The van der Waals surface area contributed by atoms with E-state index in [1.807, 2.05) is 49.4 Å². The van der Waals surface area contributed by atoms with E-state index < -0.39 is 6.10 Å². The number of halogens is 1. The molecule has 4 aromatic rings. The van der Waals surface area contributed by atoms with Crippen LogP contribution in [0.5, 0.6) is 11.5 Å². The fourth-order valence-corrected chi connectivity index (χ4v) is 5.52. The third-order valence-electron chi connectivity index (χ3n) is 5.62. The zero-order chi connectivity index (χ0) is 22.7. The van der Waals surface area contributed by atoms with Crippen LogP contribution in [0.4, 0.5) is 5.69 Å². The maximum atomic E-state index is 13.3. The maximum Gasteiger partial charge on any atom is 0.291 e. The first-order valence-corrected chi connectivity index (χ1v) is 12.1. The molecule has 1 unspecified atom stereocenters. The molecule has 166 valence electrons. The summed E-state index contributed by atoms with van der Waals surface area (Å²) in [5.74, 6) is 1.48. The van der Waals surface area contributed by atoms with Crippen LogP contribution in [0.3, 0.4) is 0 Å². The van der Waals surface area contributed by atoms with Gasteiger partial charge in [0.1, 0.15) is 11.1 Å². The summed E-state index contributed by atoms with van der Waals surface area (Å²) in [4.78, 5) is 33.3. The van der Waals surface area contributed by atoms with Gasteiger partial charge >= 0.3 is 0 Å². The first-order valence-electron chi connectivity index (χ1n) is 10.5. The van der Waals surface area contributed by atoms with E-state index in [1.165, 1.54) is 15.9 Å². The van der Waals surface area contributed by atoms with E-state index in [0.29, 0.717) is 38.9 Å². The maximum absolute atomic E-state index is 13.3. The fourth-order valence-electron chi connectivity index (χ4n) is 4.15. The van der Waals surface area contributed by atoms with Crippen molar-refractivity contribution in [1.29, 1.82) is 0 Å². The van der Waals surface area contributed by atoms with E-state index in [-0.39, 0.29) is 18.1 Å². The van der Waals surface area contributed by atoms with Crippen molar-refractivity contribution >= 4 is 49.4 Å². The molecule has 0 fully saturated rings. The second-order valence-electron chi connectivity index (χ2n) is 7.76. The number of nitrogens with zero attached hydrogens (tertiary/aromatic N) is 4. The topological polar surface area (TPSA) is 86.0 Å². The lowest BCUT2D eigenvalue weighted by molar-refractivity contribution is -0.113. The minimum absolute atomic E-state index is 0.174. The Labute approximate surface area is 200 Å². The molecule has 33 heavy (non-hydrogen) atoms. The molecule has 0 saturated heterocycles. The molecule has 0 spiro atoms. The molecule has 2 aliphatic rings.